The van der Waals surface area contributed by atoms with Crippen LogP contribution in [0.4, 0.5) is 0 Å². The molecule has 0 spiro atoms. The number of fused-ring (bicyclic) bond motifs is 3. The minimum atomic E-state index is -0.323. The Hall–Kier alpha value is -4.06. The first-order chi connectivity index (χ1) is 15.6. The SMILES string of the molecule is COc1ccc(/C=C2\Oc3c(ccc4c3[C@H](c3ccc(OC)cc3)CC(=O)O4)C2=O)cc1. The van der Waals surface area contributed by atoms with Crippen molar-refractivity contribution in [3.63, 3.8) is 0 Å². The van der Waals surface area contributed by atoms with Gasteiger partial charge in [-0.05, 0) is 53.6 Å². The fourth-order valence-corrected chi connectivity index (χ4v) is 4.08. The number of rotatable bonds is 4. The molecule has 0 N–H and O–H groups in total. The molecular weight excluding hydrogens is 408 g/mol. The normalized spacial score (nSPS) is 17.9. The fourth-order valence-electron chi connectivity index (χ4n) is 4.08. The van der Waals surface area contributed by atoms with Gasteiger partial charge in [-0.15, -0.1) is 0 Å². The highest BCUT2D eigenvalue weighted by Gasteiger charge is 2.38. The summed E-state index contributed by atoms with van der Waals surface area (Å²) in [6, 6.07) is 18.2. The van der Waals surface area contributed by atoms with Crippen LogP contribution in [0.3, 0.4) is 0 Å². The van der Waals surface area contributed by atoms with E-state index < -0.39 is 0 Å². The molecule has 160 valence electrons. The van der Waals surface area contributed by atoms with E-state index in [1.54, 1.807) is 32.4 Å². The van der Waals surface area contributed by atoms with Gasteiger partial charge in [0.2, 0.25) is 5.78 Å². The summed E-state index contributed by atoms with van der Waals surface area (Å²) < 4.78 is 22.0. The molecule has 0 fully saturated rings. The molecule has 0 saturated heterocycles. The van der Waals surface area contributed by atoms with Crippen molar-refractivity contribution >= 4 is 17.8 Å². The standard InChI is InChI=1S/C26H20O6/c1-29-17-7-3-15(4-8-17)13-22-25(28)19-11-12-21-24(26(19)32-22)20(14-23(27)31-21)16-5-9-18(30-2)10-6-16/h3-13,20H,14H2,1-2H3/b22-13-/t20-/m0/s1. The Kier molecular flexibility index (Phi) is 4.90. The molecule has 0 saturated carbocycles. The molecule has 0 radical (unpaired) electrons. The van der Waals surface area contributed by atoms with Gasteiger partial charge >= 0.3 is 5.97 Å². The Bertz CT molecular complexity index is 1240. The number of esters is 1. The molecule has 0 aromatic heterocycles. The van der Waals surface area contributed by atoms with Crippen LogP contribution < -0.4 is 18.9 Å². The lowest BCUT2D eigenvalue weighted by atomic mass is 9.84. The van der Waals surface area contributed by atoms with E-state index in [9.17, 15) is 9.59 Å². The number of hydrogen-bond donors (Lipinski definition) is 0. The van der Waals surface area contributed by atoms with E-state index in [0.29, 0.717) is 22.6 Å². The summed E-state index contributed by atoms with van der Waals surface area (Å²) in [6.45, 7) is 0. The molecule has 2 aliphatic rings. The van der Waals surface area contributed by atoms with Crippen LogP contribution in [0.25, 0.3) is 6.08 Å². The Labute approximate surface area is 185 Å². The van der Waals surface area contributed by atoms with E-state index in [2.05, 4.69) is 0 Å². The van der Waals surface area contributed by atoms with Gasteiger partial charge < -0.3 is 18.9 Å². The summed E-state index contributed by atoms with van der Waals surface area (Å²) in [5.74, 6) is 1.72. The van der Waals surface area contributed by atoms with E-state index >= 15 is 0 Å². The van der Waals surface area contributed by atoms with Gasteiger partial charge in [-0.2, -0.15) is 0 Å². The predicted octanol–water partition coefficient (Wildman–Crippen LogP) is 4.76. The second-order valence-electron chi connectivity index (χ2n) is 7.57. The molecule has 0 aliphatic carbocycles. The third kappa shape index (κ3) is 3.39. The van der Waals surface area contributed by atoms with E-state index in [4.69, 9.17) is 18.9 Å². The number of allylic oxidation sites excluding steroid dienone is 1. The Morgan fingerprint density at radius 1 is 0.844 bits per heavy atom. The van der Waals surface area contributed by atoms with E-state index in [0.717, 1.165) is 22.6 Å². The Balaban J connectivity index is 1.56. The molecule has 3 aromatic rings. The lowest BCUT2D eigenvalue weighted by molar-refractivity contribution is -0.135. The summed E-state index contributed by atoms with van der Waals surface area (Å²) in [4.78, 5) is 25.3. The monoisotopic (exact) mass is 428 g/mol. The lowest BCUT2D eigenvalue weighted by Crippen LogP contribution is -2.21. The van der Waals surface area contributed by atoms with Crippen molar-refractivity contribution < 1.29 is 28.5 Å². The summed E-state index contributed by atoms with van der Waals surface area (Å²) in [6.07, 6.45) is 1.86. The third-order valence-electron chi connectivity index (χ3n) is 5.71. The molecule has 6 heteroatoms. The zero-order valence-electron chi connectivity index (χ0n) is 17.6. The van der Waals surface area contributed by atoms with E-state index in [1.165, 1.54) is 0 Å². The summed E-state index contributed by atoms with van der Waals surface area (Å²) >= 11 is 0. The molecular formula is C26H20O6. The number of Topliss-reactive ketones (excluding diaryl/α,β-unsaturated/α-hetero) is 1. The molecule has 2 heterocycles. The maximum absolute atomic E-state index is 13.1. The highest BCUT2D eigenvalue weighted by molar-refractivity contribution is 6.15. The van der Waals surface area contributed by atoms with Crippen LogP contribution in [0, 0.1) is 0 Å². The predicted molar refractivity (Wildman–Crippen MR) is 117 cm³/mol. The van der Waals surface area contributed by atoms with Crippen LogP contribution in [0.1, 0.15) is 39.4 Å². The van der Waals surface area contributed by atoms with Crippen LogP contribution in [0.15, 0.2) is 66.4 Å². The number of ketones is 1. The summed E-state index contributed by atoms with van der Waals surface area (Å²) in [5, 5.41) is 0. The third-order valence-corrected chi connectivity index (χ3v) is 5.71. The Morgan fingerprint density at radius 2 is 1.50 bits per heavy atom. The molecule has 6 nitrogen and oxygen atoms in total. The van der Waals surface area contributed by atoms with Gasteiger partial charge in [0.05, 0.1) is 26.2 Å². The molecule has 1 atom stereocenters. The number of carbonyl (C=O) groups is 2. The maximum atomic E-state index is 13.1. The summed E-state index contributed by atoms with van der Waals surface area (Å²) in [7, 11) is 3.20. The second-order valence-corrected chi connectivity index (χ2v) is 7.57. The fraction of sp³-hybridized carbons (Fsp3) is 0.154. The number of methoxy groups -OCH3 is 2. The minimum Gasteiger partial charge on any atom is -0.497 e. The van der Waals surface area contributed by atoms with Gasteiger partial charge in [0.1, 0.15) is 23.0 Å². The van der Waals surface area contributed by atoms with Crippen molar-refractivity contribution in [3.05, 3.63) is 88.7 Å². The molecule has 0 unspecified atom stereocenters. The quantitative estimate of drug-likeness (QED) is 0.339. The van der Waals surface area contributed by atoms with Crippen molar-refractivity contribution in [2.24, 2.45) is 0 Å². The van der Waals surface area contributed by atoms with Crippen LogP contribution in [-0.2, 0) is 4.79 Å². The highest BCUT2D eigenvalue weighted by Crippen LogP contribution is 2.49. The first kappa shape index (κ1) is 19.9. The van der Waals surface area contributed by atoms with Gasteiger partial charge in [-0.25, -0.2) is 0 Å². The van der Waals surface area contributed by atoms with Crippen molar-refractivity contribution in [1.29, 1.82) is 0 Å². The largest absolute Gasteiger partial charge is 0.497 e. The van der Waals surface area contributed by atoms with Crippen LogP contribution in [0.5, 0.6) is 23.0 Å². The number of carbonyl (C=O) groups excluding carboxylic acids is 2. The lowest BCUT2D eigenvalue weighted by Gasteiger charge is -2.26. The topological polar surface area (TPSA) is 71.1 Å². The maximum Gasteiger partial charge on any atom is 0.312 e. The molecule has 0 bridgehead atoms. The first-order valence-electron chi connectivity index (χ1n) is 10.2. The number of hydrogen-bond acceptors (Lipinski definition) is 6. The minimum absolute atomic E-state index is 0.158. The number of ether oxygens (including phenoxy) is 4. The van der Waals surface area contributed by atoms with Gasteiger partial charge in [0.15, 0.2) is 5.76 Å². The van der Waals surface area contributed by atoms with Crippen molar-refractivity contribution in [2.75, 3.05) is 14.2 Å². The van der Waals surface area contributed by atoms with Gasteiger partial charge in [0.25, 0.3) is 0 Å². The van der Waals surface area contributed by atoms with Crippen molar-refractivity contribution in [1.82, 2.24) is 0 Å². The second kappa shape index (κ2) is 7.89. The molecule has 2 aliphatic heterocycles. The average molecular weight is 428 g/mol. The molecule has 3 aromatic carbocycles. The van der Waals surface area contributed by atoms with Crippen LogP contribution >= 0.6 is 0 Å². The van der Waals surface area contributed by atoms with Gasteiger partial charge in [-0.3, -0.25) is 9.59 Å². The highest BCUT2D eigenvalue weighted by atomic mass is 16.5. The molecule has 5 rings (SSSR count). The smallest absolute Gasteiger partial charge is 0.312 e. The zero-order valence-corrected chi connectivity index (χ0v) is 17.6. The van der Waals surface area contributed by atoms with E-state index in [-0.39, 0.29) is 29.9 Å². The van der Waals surface area contributed by atoms with Crippen molar-refractivity contribution in [3.8, 4) is 23.0 Å². The van der Waals surface area contributed by atoms with Crippen LogP contribution in [0.2, 0.25) is 0 Å². The molecule has 0 amide bonds. The number of benzene rings is 3. The molecule has 32 heavy (non-hydrogen) atoms. The zero-order chi connectivity index (χ0) is 22.2. The first-order valence-corrected chi connectivity index (χ1v) is 10.2. The van der Waals surface area contributed by atoms with E-state index in [1.807, 2.05) is 48.5 Å². The van der Waals surface area contributed by atoms with Crippen molar-refractivity contribution in [2.45, 2.75) is 12.3 Å². The summed E-state index contributed by atoms with van der Waals surface area (Å²) in [5.41, 5.74) is 2.90. The average Bonchev–Trinajstić information content (AvgIpc) is 3.14. The Morgan fingerprint density at radius 3 is 2.16 bits per heavy atom. The van der Waals surface area contributed by atoms with Gasteiger partial charge in [-0.1, -0.05) is 24.3 Å². The van der Waals surface area contributed by atoms with Gasteiger partial charge in [0, 0.05) is 11.5 Å². The van der Waals surface area contributed by atoms with Crippen LogP contribution in [-0.4, -0.2) is 26.0 Å².